The molecule has 1 aromatic heterocycles. The molecule has 4 atom stereocenters. The number of aliphatic hydroxyl groups excluding tert-OH is 2. The van der Waals surface area contributed by atoms with Crippen molar-refractivity contribution in [1.29, 1.82) is 0 Å². The van der Waals surface area contributed by atoms with Crippen molar-refractivity contribution >= 4 is 23.2 Å². The first-order chi connectivity index (χ1) is 14.9. The van der Waals surface area contributed by atoms with Gasteiger partial charge in [-0.15, -0.1) is 11.3 Å². The predicted octanol–water partition coefficient (Wildman–Crippen LogP) is 0.489. The molecule has 9 nitrogen and oxygen atoms in total. The molecule has 1 aliphatic carbocycles. The summed E-state index contributed by atoms with van der Waals surface area (Å²) < 4.78 is 16.4. The average Bonchev–Trinajstić information content (AvgIpc) is 3.42. The number of nitrogens with one attached hydrogen (secondary N) is 1. The zero-order valence-electron chi connectivity index (χ0n) is 16.4. The largest absolute Gasteiger partial charge is 0.483 e. The number of aliphatic hydroxyl groups is 2. The molecule has 0 saturated carbocycles. The fraction of sp³-hybridized carbons (Fsp3) is 0.333. The Balaban J connectivity index is 1.48. The van der Waals surface area contributed by atoms with Gasteiger partial charge in [0.25, 0.3) is 0 Å². The van der Waals surface area contributed by atoms with E-state index < -0.39 is 36.2 Å². The first-order valence-electron chi connectivity index (χ1n) is 9.66. The summed E-state index contributed by atoms with van der Waals surface area (Å²) in [5.74, 6) is 0.252. The number of benzene rings is 1. The third-order valence-corrected chi connectivity index (χ3v) is 5.97. The Morgan fingerprint density at radius 3 is 2.81 bits per heavy atom. The average molecular weight is 446 g/mol. The molecule has 0 saturated heterocycles. The summed E-state index contributed by atoms with van der Waals surface area (Å²) in [4.78, 5) is 25.5. The van der Waals surface area contributed by atoms with Crippen molar-refractivity contribution in [2.24, 2.45) is 5.73 Å². The number of nitrogens with two attached hydrogens (primary N) is 1. The number of amides is 2. The minimum Gasteiger partial charge on any atom is -0.483 e. The molecule has 4 unspecified atom stereocenters. The maximum absolute atomic E-state index is 12.8. The highest BCUT2D eigenvalue weighted by molar-refractivity contribution is 7.09. The summed E-state index contributed by atoms with van der Waals surface area (Å²) >= 11 is 1.46. The number of fused-ring (bicyclic) bond motifs is 1. The number of primary amides is 1. The number of carbonyl (C=O) groups excluding carboxylic acids is 2. The molecule has 4 rings (SSSR count). The van der Waals surface area contributed by atoms with E-state index in [4.69, 9.17) is 19.9 Å². The lowest BCUT2D eigenvalue weighted by atomic mass is 9.91. The number of thiophene rings is 1. The lowest BCUT2D eigenvalue weighted by Crippen LogP contribution is -2.49. The van der Waals surface area contributed by atoms with Gasteiger partial charge in [0.2, 0.25) is 18.6 Å². The van der Waals surface area contributed by atoms with Gasteiger partial charge in [-0.3, -0.25) is 9.59 Å². The van der Waals surface area contributed by atoms with Gasteiger partial charge in [-0.1, -0.05) is 6.07 Å². The van der Waals surface area contributed by atoms with Gasteiger partial charge < -0.3 is 35.5 Å². The standard InChI is InChI=1S/C21H22N2O7S/c22-20(26)14(9-13-2-1-5-31-13)23-21(27)11-6-15(24)19(25)18(7-11)30-12-3-4-16-17(8-12)29-10-28-16/h1-5,7-8,14-15,18-19,24-25H,6,9-10H2,(H2,22,26)(H,23,27). The predicted molar refractivity (Wildman–Crippen MR) is 111 cm³/mol. The fourth-order valence-electron chi connectivity index (χ4n) is 3.41. The number of rotatable bonds is 7. The molecule has 31 heavy (non-hydrogen) atoms. The van der Waals surface area contributed by atoms with Gasteiger partial charge >= 0.3 is 0 Å². The van der Waals surface area contributed by atoms with Gasteiger partial charge in [0.05, 0.1) is 6.10 Å². The zero-order chi connectivity index (χ0) is 22.0. The maximum atomic E-state index is 12.8. The van der Waals surface area contributed by atoms with E-state index in [1.165, 1.54) is 17.4 Å². The highest BCUT2D eigenvalue weighted by Crippen LogP contribution is 2.36. The van der Waals surface area contributed by atoms with Crippen LogP contribution in [-0.4, -0.2) is 53.2 Å². The molecular weight excluding hydrogens is 424 g/mol. The Labute approximate surface area is 182 Å². The number of hydrogen-bond acceptors (Lipinski definition) is 8. The molecule has 0 spiro atoms. The lowest BCUT2D eigenvalue weighted by Gasteiger charge is -2.31. The summed E-state index contributed by atoms with van der Waals surface area (Å²) in [5, 5.41) is 25.1. The van der Waals surface area contributed by atoms with E-state index in [0.29, 0.717) is 17.2 Å². The van der Waals surface area contributed by atoms with Crippen LogP contribution < -0.4 is 25.3 Å². The van der Waals surface area contributed by atoms with Gasteiger partial charge in [-0.05, 0) is 29.7 Å². The van der Waals surface area contributed by atoms with Crippen molar-refractivity contribution in [3.05, 3.63) is 52.2 Å². The summed E-state index contributed by atoms with van der Waals surface area (Å²) in [6.45, 7) is 0.111. The highest BCUT2D eigenvalue weighted by Gasteiger charge is 2.35. The zero-order valence-corrected chi connectivity index (χ0v) is 17.2. The van der Waals surface area contributed by atoms with E-state index in [1.807, 2.05) is 17.5 Å². The van der Waals surface area contributed by atoms with Gasteiger partial charge in [-0.2, -0.15) is 0 Å². The molecule has 2 amide bonds. The van der Waals surface area contributed by atoms with Gasteiger partial charge in [-0.25, -0.2) is 0 Å². The van der Waals surface area contributed by atoms with Crippen LogP contribution >= 0.6 is 11.3 Å². The van der Waals surface area contributed by atoms with Crippen molar-refractivity contribution in [3.8, 4) is 17.2 Å². The molecule has 0 fully saturated rings. The van der Waals surface area contributed by atoms with E-state index in [9.17, 15) is 19.8 Å². The Morgan fingerprint density at radius 2 is 2.06 bits per heavy atom. The second kappa shape index (κ2) is 8.96. The molecule has 1 aromatic carbocycles. The molecule has 2 heterocycles. The van der Waals surface area contributed by atoms with E-state index in [1.54, 1.807) is 18.2 Å². The molecule has 10 heteroatoms. The molecule has 2 aromatic rings. The van der Waals surface area contributed by atoms with Gasteiger partial charge in [0, 0.05) is 29.4 Å². The van der Waals surface area contributed by atoms with E-state index in [2.05, 4.69) is 5.32 Å². The van der Waals surface area contributed by atoms with E-state index in [0.717, 1.165) is 4.88 Å². The van der Waals surface area contributed by atoms with Crippen LogP contribution in [0.25, 0.3) is 0 Å². The highest BCUT2D eigenvalue weighted by atomic mass is 32.1. The molecular formula is C21H22N2O7S. The van der Waals surface area contributed by atoms with Crippen molar-refractivity contribution in [3.63, 3.8) is 0 Å². The maximum Gasteiger partial charge on any atom is 0.247 e. The summed E-state index contributed by atoms with van der Waals surface area (Å²) in [5.41, 5.74) is 5.65. The van der Waals surface area contributed by atoms with Crippen molar-refractivity contribution in [2.45, 2.75) is 37.2 Å². The summed E-state index contributed by atoms with van der Waals surface area (Å²) in [6, 6.07) is 7.71. The second-order valence-electron chi connectivity index (χ2n) is 7.26. The van der Waals surface area contributed by atoms with Crippen molar-refractivity contribution in [2.75, 3.05) is 6.79 Å². The Morgan fingerprint density at radius 1 is 1.26 bits per heavy atom. The Kier molecular flexibility index (Phi) is 6.12. The normalized spacial score (nSPS) is 23.0. The molecule has 0 bridgehead atoms. The molecule has 2 aliphatic rings. The summed E-state index contributed by atoms with van der Waals surface area (Å²) in [6.07, 6.45) is -1.80. The van der Waals surface area contributed by atoms with Crippen LogP contribution in [0, 0.1) is 0 Å². The van der Waals surface area contributed by atoms with E-state index in [-0.39, 0.29) is 25.2 Å². The molecule has 1 aliphatic heterocycles. The number of hydrogen-bond donors (Lipinski definition) is 4. The van der Waals surface area contributed by atoms with Crippen LogP contribution in [0.15, 0.2) is 47.4 Å². The quantitative estimate of drug-likeness (QED) is 0.485. The van der Waals surface area contributed by atoms with Crippen LogP contribution in [0.5, 0.6) is 17.2 Å². The number of ether oxygens (including phenoxy) is 3. The van der Waals surface area contributed by atoms with Crippen LogP contribution in [0.1, 0.15) is 11.3 Å². The van der Waals surface area contributed by atoms with Crippen molar-refractivity contribution < 1.29 is 34.0 Å². The first-order valence-corrected chi connectivity index (χ1v) is 10.5. The first kappa shape index (κ1) is 21.2. The smallest absolute Gasteiger partial charge is 0.247 e. The minimum absolute atomic E-state index is 0.0848. The number of carbonyl (C=O) groups is 2. The monoisotopic (exact) mass is 446 g/mol. The van der Waals surface area contributed by atoms with Crippen LogP contribution in [0.3, 0.4) is 0 Å². The topological polar surface area (TPSA) is 140 Å². The second-order valence-corrected chi connectivity index (χ2v) is 8.30. The van der Waals surface area contributed by atoms with E-state index >= 15 is 0 Å². The lowest BCUT2D eigenvalue weighted by molar-refractivity contribution is -0.126. The third-order valence-electron chi connectivity index (χ3n) is 5.07. The molecule has 5 N–H and O–H groups in total. The third kappa shape index (κ3) is 4.82. The van der Waals surface area contributed by atoms with Gasteiger partial charge in [0.1, 0.15) is 24.0 Å². The molecule has 164 valence electrons. The SMILES string of the molecule is NC(=O)C(Cc1cccs1)NC(=O)C1=CC(Oc2ccc3c(c2)OCO3)C(O)C(O)C1. The summed E-state index contributed by atoms with van der Waals surface area (Å²) in [7, 11) is 0. The van der Waals surface area contributed by atoms with Crippen molar-refractivity contribution in [1.82, 2.24) is 5.32 Å². The van der Waals surface area contributed by atoms with Crippen LogP contribution in [0.2, 0.25) is 0 Å². The Bertz CT molecular complexity index is 992. The minimum atomic E-state index is -1.24. The fourth-order valence-corrected chi connectivity index (χ4v) is 4.16. The van der Waals surface area contributed by atoms with Crippen LogP contribution in [0.4, 0.5) is 0 Å². The molecule has 0 radical (unpaired) electrons. The Hall–Kier alpha value is -3.08. The van der Waals surface area contributed by atoms with Crippen LogP contribution in [-0.2, 0) is 16.0 Å². The van der Waals surface area contributed by atoms with Gasteiger partial charge in [0.15, 0.2) is 11.5 Å².